The molecule has 2 rings (SSSR count). The predicted molar refractivity (Wildman–Crippen MR) is 63.7 cm³/mol. The number of aliphatic carboxylic acids is 1. The zero-order valence-corrected chi connectivity index (χ0v) is 10.1. The van der Waals surface area contributed by atoms with Crippen molar-refractivity contribution in [3.05, 3.63) is 24.2 Å². The van der Waals surface area contributed by atoms with E-state index < -0.39 is 11.9 Å². The monoisotopic (exact) mass is 233 g/mol. The van der Waals surface area contributed by atoms with Crippen LogP contribution in [0.3, 0.4) is 0 Å². The van der Waals surface area contributed by atoms with Crippen molar-refractivity contribution in [2.24, 2.45) is 13.0 Å². The minimum Gasteiger partial charge on any atom is -0.481 e. The Labute approximate surface area is 99.1 Å². The van der Waals surface area contributed by atoms with E-state index in [1.54, 1.807) is 23.9 Å². The molecule has 0 saturated carbocycles. The molecule has 0 aromatic carbocycles. The van der Waals surface area contributed by atoms with Crippen LogP contribution in [0.25, 0.3) is 11.2 Å². The van der Waals surface area contributed by atoms with E-state index in [1.165, 1.54) is 0 Å². The number of hydrogen-bond donors (Lipinski definition) is 1. The lowest BCUT2D eigenvalue weighted by Crippen LogP contribution is -2.21. The zero-order valence-electron chi connectivity index (χ0n) is 10.1. The lowest BCUT2D eigenvalue weighted by atomic mass is 9.95. The molecule has 0 amide bonds. The molecule has 0 saturated heterocycles. The minimum atomic E-state index is -0.849. The number of carbonyl (C=O) groups is 1. The summed E-state index contributed by atoms with van der Waals surface area (Å²) in [7, 11) is 1.80. The van der Waals surface area contributed by atoms with E-state index in [0.717, 1.165) is 11.2 Å². The Balaban J connectivity index is 2.61. The maximum atomic E-state index is 11.3. The van der Waals surface area contributed by atoms with Gasteiger partial charge in [-0.05, 0) is 18.1 Å². The van der Waals surface area contributed by atoms with Gasteiger partial charge in [-0.2, -0.15) is 0 Å². The van der Waals surface area contributed by atoms with Gasteiger partial charge in [-0.3, -0.25) is 4.79 Å². The van der Waals surface area contributed by atoms with E-state index >= 15 is 0 Å². The lowest BCUT2D eigenvalue weighted by Gasteiger charge is -2.15. The van der Waals surface area contributed by atoms with Crippen molar-refractivity contribution < 1.29 is 9.90 Å². The average molecular weight is 233 g/mol. The molecular formula is C12H15N3O2. The Morgan fingerprint density at radius 2 is 2.18 bits per heavy atom. The number of rotatable bonds is 3. The highest BCUT2D eigenvalue weighted by molar-refractivity contribution is 5.78. The number of aryl methyl sites for hydroxylation is 1. The van der Waals surface area contributed by atoms with Crippen LogP contribution in [0.15, 0.2) is 18.3 Å². The third-order valence-electron chi connectivity index (χ3n) is 2.87. The number of nitrogens with zero attached hydrogens (tertiary/aromatic N) is 3. The van der Waals surface area contributed by atoms with Crippen LogP contribution >= 0.6 is 0 Å². The summed E-state index contributed by atoms with van der Waals surface area (Å²) in [6.45, 7) is 3.76. The summed E-state index contributed by atoms with van der Waals surface area (Å²) in [5.74, 6) is -0.906. The summed E-state index contributed by atoms with van der Waals surface area (Å²) >= 11 is 0. The van der Waals surface area contributed by atoms with Crippen molar-refractivity contribution >= 4 is 17.1 Å². The van der Waals surface area contributed by atoms with Crippen LogP contribution in [-0.4, -0.2) is 25.6 Å². The van der Waals surface area contributed by atoms with Crippen LogP contribution in [0.1, 0.15) is 25.6 Å². The fourth-order valence-electron chi connectivity index (χ4n) is 2.01. The molecule has 5 heteroatoms. The summed E-state index contributed by atoms with van der Waals surface area (Å²) in [5.41, 5.74) is 1.45. The number of hydrogen-bond acceptors (Lipinski definition) is 3. The average Bonchev–Trinajstić information content (AvgIpc) is 2.56. The summed E-state index contributed by atoms with van der Waals surface area (Å²) in [6, 6.07) is 3.63. The molecule has 0 fully saturated rings. The minimum absolute atomic E-state index is 0.0111. The molecule has 1 N–H and O–H groups in total. The first-order valence-corrected chi connectivity index (χ1v) is 5.52. The van der Waals surface area contributed by atoms with Gasteiger partial charge in [0.15, 0.2) is 5.65 Å². The second kappa shape index (κ2) is 4.16. The molecule has 17 heavy (non-hydrogen) atoms. The van der Waals surface area contributed by atoms with Crippen molar-refractivity contribution in [1.29, 1.82) is 0 Å². The summed E-state index contributed by atoms with van der Waals surface area (Å²) < 4.78 is 1.76. The maximum Gasteiger partial charge on any atom is 0.314 e. The van der Waals surface area contributed by atoms with Crippen LogP contribution in [0.5, 0.6) is 0 Å². The Hall–Kier alpha value is -1.91. The number of imidazole rings is 1. The fourth-order valence-corrected chi connectivity index (χ4v) is 2.01. The quantitative estimate of drug-likeness (QED) is 0.877. The molecule has 0 aliphatic rings. The molecule has 1 unspecified atom stereocenters. The third-order valence-corrected chi connectivity index (χ3v) is 2.87. The van der Waals surface area contributed by atoms with E-state index in [4.69, 9.17) is 0 Å². The molecule has 1 atom stereocenters. The van der Waals surface area contributed by atoms with Crippen LogP contribution in [-0.2, 0) is 11.8 Å². The van der Waals surface area contributed by atoms with Crippen molar-refractivity contribution in [2.75, 3.05) is 0 Å². The molecule has 0 radical (unpaired) electrons. The third kappa shape index (κ3) is 1.88. The van der Waals surface area contributed by atoms with E-state index in [2.05, 4.69) is 9.97 Å². The van der Waals surface area contributed by atoms with Crippen molar-refractivity contribution in [3.63, 3.8) is 0 Å². The molecule has 2 aromatic rings. The topological polar surface area (TPSA) is 68.0 Å². The number of carboxylic acids is 1. The van der Waals surface area contributed by atoms with E-state index in [9.17, 15) is 9.90 Å². The highest BCUT2D eigenvalue weighted by Gasteiger charge is 2.28. The van der Waals surface area contributed by atoms with Crippen LogP contribution in [0.2, 0.25) is 0 Å². The van der Waals surface area contributed by atoms with Crippen LogP contribution < -0.4 is 0 Å². The first-order valence-electron chi connectivity index (χ1n) is 5.52. The summed E-state index contributed by atoms with van der Waals surface area (Å²) in [4.78, 5) is 19.9. The first kappa shape index (κ1) is 11.6. The van der Waals surface area contributed by atoms with Gasteiger partial charge in [-0.1, -0.05) is 13.8 Å². The molecule has 2 aromatic heterocycles. The van der Waals surface area contributed by atoms with E-state index in [0.29, 0.717) is 5.82 Å². The number of aromatic nitrogens is 3. The maximum absolute atomic E-state index is 11.3. The Morgan fingerprint density at radius 1 is 1.47 bits per heavy atom. The second-order valence-electron chi connectivity index (χ2n) is 4.44. The van der Waals surface area contributed by atoms with Crippen LogP contribution in [0, 0.1) is 5.92 Å². The molecule has 0 aliphatic heterocycles. The largest absolute Gasteiger partial charge is 0.481 e. The smallest absolute Gasteiger partial charge is 0.314 e. The Kier molecular flexibility index (Phi) is 2.83. The first-order chi connectivity index (χ1) is 8.02. The molecule has 0 spiro atoms. The van der Waals surface area contributed by atoms with Crippen molar-refractivity contribution in [2.45, 2.75) is 19.8 Å². The lowest BCUT2D eigenvalue weighted by molar-refractivity contribution is -0.140. The zero-order chi connectivity index (χ0) is 12.6. The Morgan fingerprint density at radius 3 is 2.71 bits per heavy atom. The van der Waals surface area contributed by atoms with Gasteiger partial charge in [0, 0.05) is 13.2 Å². The van der Waals surface area contributed by atoms with Gasteiger partial charge in [0.1, 0.15) is 17.3 Å². The number of fused-ring (bicyclic) bond motifs is 1. The van der Waals surface area contributed by atoms with Gasteiger partial charge in [0.05, 0.1) is 0 Å². The van der Waals surface area contributed by atoms with Gasteiger partial charge >= 0.3 is 5.97 Å². The molecule has 2 heterocycles. The molecule has 0 bridgehead atoms. The highest BCUT2D eigenvalue weighted by atomic mass is 16.4. The SMILES string of the molecule is CC(C)C(C(=O)O)c1nc2cccnc2n1C. The second-order valence-corrected chi connectivity index (χ2v) is 4.44. The van der Waals surface area contributed by atoms with Gasteiger partial charge in [-0.15, -0.1) is 0 Å². The fraction of sp³-hybridized carbons (Fsp3) is 0.417. The van der Waals surface area contributed by atoms with Gasteiger partial charge in [0.25, 0.3) is 0 Å². The van der Waals surface area contributed by atoms with Crippen molar-refractivity contribution in [1.82, 2.24) is 14.5 Å². The van der Waals surface area contributed by atoms with Gasteiger partial charge < -0.3 is 9.67 Å². The molecule has 5 nitrogen and oxygen atoms in total. The summed E-state index contributed by atoms with van der Waals surface area (Å²) in [5, 5.41) is 9.27. The number of carboxylic acid groups (broad SMARTS) is 1. The van der Waals surface area contributed by atoms with Gasteiger partial charge in [0.2, 0.25) is 0 Å². The predicted octanol–water partition coefficient (Wildman–Crippen LogP) is 1.79. The molecule has 90 valence electrons. The van der Waals surface area contributed by atoms with Gasteiger partial charge in [-0.25, -0.2) is 9.97 Å². The standard InChI is InChI=1S/C12H15N3O2/c1-7(2)9(12(16)17)11-14-8-5-4-6-13-10(8)15(11)3/h4-7,9H,1-3H3,(H,16,17). The van der Waals surface area contributed by atoms with E-state index in [-0.39, 0.29) is 5.92 Å². The number of pyridine rings is 1. The molecular weight excluding hydrogens is 218 g/mol. The Bertz CT molecular complexity index is 560. The normalized spacial score (nSPS) is 13.2. The van der Waals surface area contributed by atoms with Crippen LogP contribution in [0.4, 0.5) is 0 Å². The molecule has 0 aliphatic carbocycles. The highest BCUT2D eigenvalue weighted by Crippen LogP contribution is 2.26. The summed E-state index contributed by atoms with van der Waals surface area (Å²) in [6.07, 6.45) is 1.68. The van der Waals surface area contributed by atoms with Crippen molar-refractivity contribution in [3.8, 4) is 0 Å². The van der Waals surface area contributed by atoms with E-state index in [1.807, 2.05) is 19.9 Å².